The van der Waals surface area contributed by atoms with Crippen molar-refractivity contribution in [1.29, 1.82) is 0 Å². The van der Waals surface area contributed by atoms with Crippen LogP contribution in [0.3, 0.4) is 0 Å². The van der Waals surface area contributed by atoms with Crippen molar-refractivity contribution in [3.05, 3.63) is 31.5 Å². The lowest BCUT2D eigenvalue weighted by molar-refractivity contribution is 0.447. The first kappa shape index (κ1) is 22.6. The topological polar surface area (TPSA) is 66.0 Å². The Bertz CT molecular complexity index is 590. The summed E-state index contributed by atoms with van der Waals surface area (Å²) in [4.78, 5) is 37.7. The van der Waals surface area contributed by atoms with Gasteiger partial charge in [-0.15, -0.1) is 0 Å². The smallest absolute Gasteiger partial charge is 0.247 e. The van der Waals surface area contributed by atoms with E-state index in [1.165, 1.54) is 0 Å². The lowest BCUT2D eigenvalue weighted by Crippen LogP contribution is -2.56. The van der Waals surface area contributed by atoms with Crippen LogP contribution in [0.15, 0.2) is 14.4 Å². The Morgan fingerprint density at radius 3 is 0.958 bits per heavy atom. The highest BCUT2D eigenvalue weighted by molar-refractivity contribution is 7.85. The Balaban J connectivity index is 3.55. The van der Waals surface area contributed by atoms with Crippen molar-refractivity contribution in [1.82, 2.24) is 13.7 Å². The minimum absolute atomic E-state index is 0.0563. The van der Waals surface area contributed by atoms with E-state index >= 15 is 0 Å². The van der Waals surface area contributed by atoms with Crippen molar-refractivity contribution in [2.24, 2.45) is 0 Å². The summed E-state index contributed by atoms with van der Waals surface area (Å²) in [5.41, 5.74) is -2.03. The van der Waals surface area contributed by atoms with E-state index in [-0.39, 0.29) is 35.4 Å². The maximum absolute atomic E-state index is 12.6. The second-order valence-electron chi connectivity index (χ2n) is 5.19. The minimum Gasteiger partial charge on any atom is -0.247 e. The molecule has 0 saturated heterocycles. The molecule has 0 saturated carbocycles. The van der Waals surface area contributed by atoms with Crippen molar-refractivity contribution in [3.63, 3.8) is 0 Å². The van der Waals surface area contributed by atoms with E-state index in [4.69, 9.17) is 0 Å². The van der Waals surface area contributed by atoms with E-state index in [1.807, 2.05) is 0 Å². The molecule has 6 nitrogen and oxygen atoms in total. The van der Waals surface area contributed by atoms with E-state index in [9.17, 15) is 14.4 Å². The SMILES string of the molecule is O=c1n(CC(S)CS)c(=O)n(CC(S)CS)c(=O)n1CC(S)CS. The summed E-state index contributed by atoms with van der Waals surface area (Å²) >= 11 is 25.2. The molecule has 0 N–H and O–H groups in total. The molecule has 0 amide bonds. The van der Waals surface area contributed by atoms with Crippen molar-refractivity contribution >= 4 is 75.8 Å². The van der Waals surface area contributed by atoms with Crippen molar-refractivity contribution < 1.29 is 0 Å². The van der Waals surface area contributed by atoms with Gasteiger partial charge < -0.3 is 0 Å². The van der Waals surface area contributed by atoms with Crippen LogP contribution in [-0.2, 0) is 19.6 Å². The lowest BCUT2D eigenvalue weighted by atomic mass is 10.4. The van der Waals surface area contributed by atoms with Gasteiger partial charge >= 0.3 is 17.1 Å². The van der Waals surface area contributed by atoms with Crippen LogP contribution in [0, 0.1) is 0 Å². The molecular weight excluding hydrogens is 427 g/mol. The largest absolute Gasteiger partial charge is 0.336 e. The van der Waals surface area contributed by atoms with Crippen LogP contribution in [0.4, 0.5) is 0 Å². The van der Waals surface area contributed by atoms with Crippen molar-refractivity contribution in [2.75, 3.05) is 17.3 Å². The maximum atomic E-state index is 12.6. The number of thiol groups is 6. The molecule has 0 aliphatic rings. The Morgan fingerprint density at radius 1 is 0.583 bits per heavy atom. The van der Waals surface area contributed by atoms with Crippen molar-refractivity contribution in [3.8, 4) is 0 Å². The molecule has 3 unspecified atom stereocenters. The molecule has 0 aliphatic carbocycles. The van der Waals surface area contributed by atoms with Gasteiger partial charge in [-0.05, 0) is 0 Å². The predicted molar refractivity (Wildman–Crippen MR) is 119 cm³/mol. The Hall–Kier alpha value is 0.510. The van der Waals surface area contributed by atoms with Crippen LogP contribution in [0.5, 0.6) is 0 Å². The summed E-state index contributed by atoms with van der Waals surface area (Å²) in [7, 11) is 0. The zero-order valence-corrected chi connectivity index (χ0v) is 18.1. The first-order chi connectivity index (χ1) is 11.3. The fourth-order valence-electron chi connectivity index (χ4n) is 1.96. The summed E-state index contributed by atoms with van der Waals surface area (Å²) in [5, 5.41) is -0.899. The fourth-order valence-corrected chi connectivity index (χ4v) is 2.79. The van der Waals surface area contributed by atoms with Crippen LogP contribution in [0.1, 0.15) is 0 Å². The zero-order chi connectivity index (χ0) is 18.4. The first-order valence-electron chi connectivity index (χ1n) is 7.08. The third-order valence-electron chi connectivity index (χ3n) is 3.20. The van der Waals surface area contributed by atoms with Gasteiger partial charge in [0.1, 0.15) is 0 Å². The zero-order valence-electron chi connectivity index (χ0n) is 12.7. The highest BCUT2D eigenvalue weighted by Crippen LogP contribution is 2.02. The summed E-state index contributed by atoms with van der Waals surface area (Å²) < 4.78 is 3.02. The Labute approximate surface area is 172 Å². The summed E-state index contributed by atoms with van der Waals surface area (Å²) in [6.45, 7) is 0.169. The molecule has 1 rings (SSSR count). The molecule has 24 heavy (non-hydrogen) atoms. The molecule has 1 heterocycles. The molecule has 0 radical (unpaired) electrons. The van der Waals surface area contributed by atoms with E-state index in [2.05, 4.69) is 75.8 Å². The van der Waals surface area contributed by atoms with Gasteiger partial charge in [0.25, 0.3) is 0 Å². The first-order valence-corrected chi connectivity index (χ1v) is 10.5. The quantitative estimate of drug-likeness (QED) is 0.299. The summed E-state index contributed by atoms with van der Waals surface area (Å²) in [5.74, 6) is 1.14. The molecule has 0 aliphatic heterocycles. The van der Waals surface area contributed by atoms with Gasteiger partial charge in [0.05, 0.1) is 0 Å². The fraction of sp³-hybridized carbons (Fsp3) is 0.750. The summed E-state index contributed by atoms with van der Waals surface area (Å²) in [6.07, 6.45) is 0. The minimum atomic E-state index is -0.676. The standard InChI is InChI=1S/C12H21N3O3S6/c16-10-13(1-7(22)4-19)11(17)15(3-9(24)6-21)12(18)14(10)2-8(23)5-20/h7-9,19-24H,1-6H2. The van der Waals surface area contributed by atoms with E-state index in [1.54, 1.807) is 0 Å². The van der Waals surface area contributed by atoms with E-state index in [0.717, 1.165) is 13.7 Å². The number of hydrogen-bond acceptors (Lipinski definition) is 9. The molecule has 3 atom stereocenters. The van der Waals surface area contributed by atoms with Crippen LogP contribution in [0.2, 0.25) is 0 Å². The number of nitrogens with zero attached hydrogens (tertiary/aromatic N) is 3. The normalized spacial score (nSPS) is 15.2. The van der Waals surface area contributed by atoms with Crippen LogP contribution in [-0.4, -0.2) is 46.7 Å². The van der Waals surface area contributed by atoms with Gasteiger partial charge in [0.2, 0.25) is 0 Å². The van der Waals surface area contributed by atoms with Gasteiger partial charge in [0, 0.05) is 52.6 Å². The van der Waals surface area contributed by atoms with Gasteiger partial charge in [-0.3, -0.25) is 0 Å². The Morgan fingerprint density at radius 2 is 0.792 bits per heavy atom. The predicted octanol–water partition coefficient (Wildman–Crippen LogP) is -0.144. The maximum Gasteiger partial charge on any atom is 0.336 e. The molecule has 138 valence electrons. The number of aromatic nitrogens is 3. The third kappa shape index (κ3) is 5.76. The van der Waals surface area contributed by atoms with Crippen LogP contribution >= 0.6 is 75.8 Å². The number of hydrogen-bond donors (Lipinski definition) is 6. The third-order valence-corrected chi connectivity index (χ3v) is 6.42. The highest BCUT2D eigenvalue weighted by Gasteiger charge is 2.19. The van der Waals surface area contributed by atoms with E-state index in [0.29, 0.717) is 17.3 Å². The second kappa shape index (κ2) is 10.6. The van der Waals surface area contributed by atoms with Crippen molar-refractivity contribution in [2.45, 2.75) is 35.4 Å². The molecule has 12 heteroatoms. The average molecular weight is 448 g/mol. The lowest BCUT2D eigenvalue weighted by Gasteiger charge is -2.18. The van der Waals surface area contributed by atoms with Crippen LogP contribution in [0.25, 0.3) is 0 Å². The molecule has 0 fully saturated rings. The summed E-state index contributed by atoms with van der Waals surface area (Å²) in [6, 6.07) is 0. The van der Waals surface area contributed by atoms with Gasteiger partial charge in [0.15, 0.2) is 0 Å². The Kier molecular flexibility index (Phi) is 9.97. The molecule has 0 bridgehead atoms. The molecule has 1 aromatic rings. The molecular formula is C12H21N3O3S6. The monoisotopic (exact) mass is 447 g/mol. The molecule has 0 aromatic carbocycles. The average Bonchev–Trinajstić information content (AvgIpc) is 2.58. The highest BCUT2D eigenvalue weighted by atomic mass is 32.1. The van der Waals surface area contributed by atoms with Gasteiger partial charge in [-0.25, -0.2) is 28.1 Å². The van der Waals surface area contributed by atoms with Gasteiger partial charge in [-0.1, -0.05) is 0 Å². The number of rotatable bonds is 9. The molecule has 1 aromatic heterocycles. The van der Waals surface area contributed by atoms with Crippen LogP contribution < -0.4 is 17.1 Å². The van der Waals surface area contributed by atoms with E-state index < -0.39 is 17.1 Å². The second-order valence-corrected chi connectivity index (χ2v) is 8.48. The van der Waals surface area contributed by atoms with Gasteiger partial charge in [-0.2, -0.15) is 75.8 Å². The molecule has 0 spiro atoms.